The lowest BCUT2D eigenvalue weighted by molar-refractivity contribution is -0.198. The van der Waals surface area contributed by atoms with Crippen molar-refractivity contribution in [3.05, 3.63) is 142 Å². The monoisotopic (exact) mass is 1010 g/mol. The van der Waals surface area contributed by atoms with Gasteiger partial charge in [0.15, 0.2) is 16.0 Å². The Labute approximate surface area is 431 Å². The molecule has 3 aromatic carbocycles. The van der Waals surface area contributed by atoms with Gasteiger partial charge in [0.2, 0.25) is 0 Å². The predicted octanol–water partition coefficient (Wildman–Crippen LogP) is 12.8. The highest BCUT2D eigenvalue weighted by Crippen LogP contribution is 2.75. The van der Waals surface area contributed by atoms with Crippen LogP contribution in [0.4, 0.5) is 5.82 Å². The van der Waals surface area contributed by atoms with E-state index in [4.69, 9.17) is 47.2 Å². The van der Waals surface area contributed by atoms with E-state index in [9.17, 15) is 4.79 Å². The number of methoxy groups -OCH3 is 1. The molecule has 0 radical (unpaired) electrons. The van der Waals surface area contributed by atoms with E-state index < -0.39 is 14.3 Å². The number of nitrogens with one attached hydrogen (secondary N) is 1. The molecule has 4 fully saturated rings. The molecular weight excluding hydrogens is 944 g/mol. The lowest BCUT2D eigenvalue weighted by Gasteiger charge is -2.70. The van der Waals surface area contributed by atoms with E-state index >= 15 is 0 Å². The summed E-state index contributed by atoms with van der Waals surface area (Å²) in [5, 5.41) is 19.8. The average Bonchev–Trinajstić information content (AvgIpc) is 3.68. The molecule has 10 rings (SSSR count). The van der Waals surface area contributed by atoms with Crippen molar-refractivity contribution >= 4 is 53.7 Å². The minimum atomic E-state index is -2.63. The van der Waals surface area contributed by atoms with Crippen LogP contribution in [0.25, 0.3) is 11.1 Å². The Hall–Kier alpha value is -5.07. The van der Waals surface area contributed by atoms with Gasteiger partial charge in [-0.15, -0.1) is 10.2 Å². The molecule has 1 N–H and O–H groups in total. The Balaban J connectivity index is 0.944. The van der Waals surface area contributed by atoms with Gasteiger partial charge in [0, 0.05) is 36.5 Å². The van der Waals surface area contributed by atoms with Gasteiger partial charge < -0.3 is 19.2 Å². The van der Waals surface area contributed by atoms with Crippen molar-refractivity contribution in [2.75, 3.05) is 25.6 Å². The number of carbonyl (C=O) groups is 1. The van der Waals surface area contributed by atoms with Crippen LogP contribution in [0, 0.1) is 35.5 Å². The highest BCUT2D eigenvalue weighted by molar-refractivity contribution is 6.99. The third kappa shape index (κ3) is 10.4. The van der Waals surface area contributed by atoms with E-state index in [0.29, 0.717) is 34.7 Å². The number of pyridine rings is 1. The molecule has 10 nitrogen and oxygen atoms in total. The molecule has 2 unspecified atom stereocenters. The van der Waals surface area contributed by atoms with Gasteiger partial charge in [-0.25, -0.2) is 9.78 Å². The molecule has 3 heterocycles. The summed E-state index contributed by atoms with van der Waals surface area (Å²) in [4.78, 5) is 19.1. The lowest BCUT2D eigenvalue weighted by Crippen LogP contribution is -2.66. The van der Waals surface area contributed by atoms with E-state index in [1.807, 2.05) is 49.5 Å². The number of hydrogen-bond donors (Lipinski definition) is 1. The van der Waals surface area contributed by atoms with Gasteiger partial charge in [0.05, 0.1) is 13.3 Å². The molecule has 0 aliphatic heterocycles. The first-order chi connectivity index (χ1) is 33.9. The van der Waals surface area contributed by atoms with E-state index in [1.165, 1.54) is 48.9 Å². The standard InChI is InChI=1S/C58H70Cl2N6O4Si/c1-40-46(52(60)65-64-51(40)59)21-15-29-61-49-27-26-47(50(63-49)53(67)69-32-42-22-24-43(68-8)25-23-42)48-31-62-66(41(48)2)39-58-36-55(6)33-56(7,37-58)35-57(34-55,38-58)28-16-30-70-71(54(3,4)5,44-17-11-9-12-18-44)45-19-13-10-14-20-45/h9-14,17-20,22-27,31H,15-16,21,28-30,32-39H2,1-8H3,(H,61,63). The molecule has 0 spiro atoms. The van der Waals surface area contributed by atoms with E-state index in [0.717, 1.165) is 66.1 Å². The number of rotatable bonds is 19. The molecular formula is C58H70Cl2N6O4Si. The summed E-state index contributed by atoms with van der Waals surface area (Å²) in [6, 6.07) is 33.5. The molecule has 0 saturated heterocycles. The van der Waals surface area contributed by atoms with Gasteiger partial charge in [0.1, 0.15) is 18.2 Å². The Morgan fingerprint density at radius 3 is 2.04 bits per heavy atom. The molecule has 71 heavy (non-hydrogen) atoms. The predicted molar refractivity (Wildman–Crippen MR) is 287 cm³/mol. The fourth-order valence-electron chi connectivity index (χ4n) is 14.4. The smallest absolute Gasteiger partial charge is 0.358 e. The maximum absolute atomic E-state index is 14.2. The van der Waals surface area contributed by atoms with Gasteiger partial charge in [-0.05, 0) is 156 Å². The third-order valence-electron chi connectivity index (χ3n) is 16.0. The summed E-state index contributed by atoms with van der Waals surface area (Å²) < 4.78 is 21.0. The minimum absolute atomic E-state index is 0.0562. The highest BCUT2D eigenvalue weighted by atomic mass is 35.5. The van der Waals surface area contributed by atoms with Crippen LogP contribution in [-0.4, -0.2) is 59.5 Å². The number of hydrogen-bond acceptors (Lipinski definition) is 9. The van der Waals surface area contributed by atoms with Crippen molar-refractivity contribution in [1.29, 1.82) is 0 Å². The third-order valence-corrected chi connectivity index (χ3v) is 21.7. The van der Waals surface area contributed by atoms with Crippen molar-refractivity contribution in [2.45, 2.75) is 131 Å². The molecule has 4 aliphatic carbocycles. The van der Waals surface area contributed by atoms with Gasteiger partial charge in [-0.1, -0.05) is 131 Å². The molecule has 3 aromatic heterocycles. The summed E-state index contributed by atoms with van der Waals surface area (Å²) in [6.07, 6.45) is 12.9. The van der Waals surface area contributed by atoms with E-state index in [2.05, 4.69) is 122 Å². The number of ether oxygens (including phenoxy) is 2. The Kier molecular flexibility index (Phi) is 14.4. The maximum Gasteiger partial charge on any atom is 0.358 e. The molecule has 4 saturated carbocycles. The lowest BCUT2D eigenvalue weighted by atomic mass is 9.35. The van der Waals surface area contributed by atoms with Crippen LogP contribution in [0.1, 0.15) is 125 Å². The van der Waals surface area contributed by atoms with Crippen LogP contribution < -0.4 is 20.4 Å². The van der Waals surface area contributed by atoms with Gasteiger partial charge >= 0.3 is 5.97 Å². The van der Waals surface area contributed by atoms with Crippen LogP contribution in [-0.2, 0) is 28.7 Å². The quantitative estimate of drug-likeness (QED) is 0.0481. The van der Waals surface area contributed by atoms with Crippen molar-refractivity contribution in [1.82, 2.24) is 25.0 Å². The minimum Gasteiger partial charge on any atom is -0.497 e. The fourth-order valence-corrected chi connectivity index (χ4v) is 19.4. The van der Waals surface area contributed by atoms with Crippen LogP contribution in [0.3, 0.4) is 0 Å². The zero-order valence-corrected chi connectivity index (χ0v) is 45.4. The molecule has 13 heteroatoms. The number of benzene rings is 3. The van der Waals surface area contributed by atoms with Crippen LogP contribution >= 0.6 is 23.2 Å². The fraction of sp³-hybridized carbons (Fsp3) is 0.466. The first-order valence-corrected chi connectivity index (χ1v) is 28.0. The molecule has 0 amide bonds. The maximum atomic E-state index is 14.2. The number of nitrogens with zero attached hydrogens (tertiary/aromatic N) is 5. The SMILES string of the molecule is COc1ccc(COC(=O)c2nc(NCCCc3c(Cl)nnc(Cl)c3C)ccc2-c2cnn(CC34CC5(C)CC(C)(CC(CCCO[Si](c6ccccc6)(c6ccccc6)C(C)(C)C)(C5)C3)C4)c2C)cc1. The first kappa shape index (κ1) is 50.9. The normalized spacial score (nSPS) is 22.7. The molecule has 374 valence electrons. The van der Waals surface area contributed by atoms with Crippen molar-refractivity contribution in [3.63, 3.8) is 0 Å². The van der Waals surface area contributed by atoms with Gasteiger partial charge in [-0.2, -0.15) is 5.10 Å². The zero-order chi connectivity index (χ0) is 50.2. The summed E-state index contributed by atoms with van der Waals surface area (Å²) >= 11 is 12.6. The Morgan fingerprint density at radius 1 is 0.775 bits per heavy atom. The largest absolute Gasteiger partial charge is 0.497 e. The number of carbonyl (C=O) groups excluding carboxylic acids is 1. The zero-order valence-electron chi connectivity index (χ0n) is 42.8. The van der Waals surface area contributed by atoms with Crippen LogP contribution in [0.5, 0.6) is 5.75 Å². The van der Waals surface area contributed by atoms with Crippen molar-refractivity contribution in [3.8, 4) is 16.9 Å². The summed E-state index contributed by atoms with van der Waals surface area (Å²) in [6.45, 7) is 18.5. The number of aromatic nitrogens is 5. The average molecular weight is 1010 g/mol. The highest BCUT2D eigenvalue weighted by Gasteiger charge is 2.65. The molecule has 6 aromatic rings. The molecule has 4 bridgehead atoms. The molecule has 2 atom stereocenters. The number of anilines is 1. The Morgan fingerprint density at radius 2 is 1.41 bits per heavy atom. The van der Waals surface area contributed by atoms with Crippen molar-refractivity contribution < 1.29 is 18.7 Å². The van der Waals surface area contributed by atoms with Gasteiger partial charge in [0.25, 0.3) is 8.32 Å². The summed E-state index contributed by atoms with van der Waals surface area (Å²) in [7, 11) is -0.999. The van der Waals surface area contributed by atoms with Gasteiger partial charge in [-0.3, -0.25) is 4.68 Å². The number of halogens is 2. The second-order valence-electron chi connectivity index (χ2n) is 23.0. The van der Waals surface area contributed by atoms with E-state index in [1.54, 1.807) is 7.11 Å². The number of esters is 1. The second kappa shape index (κ2) is 20.1. The van der Waals surface area contributed by atoms with Crippen LogP contribution in [0.15, 0.2) is 103 Å². The summed E-state index contributed by atoms with van der Waals surface area (Å²) in [5.41, 5.74) is 6.28. The molecule has 4 aliphatic rings. The van der Waals surface area contributed by atoms with Crippen LogP contribution in [0.2, 0.25) is 15.3 Å². The second-order valence-corrected chi connectivity index (χ2v) is 28.1. The summed E-state index contributed by atoms with van der Waals surface area (Å²) in [5.74, 6) is 0.801. The Bertz CT molecular complexity index is 2790. The van der Waals surface area contributed by atoms with E-state index in [-0.39, 0.29) is 39.0 Å². The van der Waals surface area contributed by atoms with Crippen molar-refractivity contribution in [2.24, 2.45) is 21.7 Å². The first-order valence-electron chi connectivity index (χ1n) is 25.4. The topological polar surface area (TPSA) is 113 Å².